The summed E-state index contributed by atoms with van der Waals surface area (Å²) in [5.41, 5.74) is 0.554. The summed E-state index contributed by atoms with van der Waals surface area (Å²) in [7, 11) is 1.44. The van der Waals surface area contributed by atoms with E-state index in [0.29, 0.717) is 17.0 Å². The van der Waals surface area contributed by atoms with Crippen LogP contribution >= 0.6 is 11.6 Å². The molecule has 6 nitrogen and oxygen atoms in total. The van der Waals surface area contributed by atoms with Crippen LogP contribution in [0, 0.1) is 0 Å². The van der Waals surface area contributed by atoms with Gasteiger partial charge in [-0.05, 0) is 12.1 Å². The average molecular weight is 269 g/mol. The molecule has 0 atom stereocenters. The summed E-state index contributed by atoms with van der Waals surface area (Å²) in [6.45, 7) is 0. The van der Waals surface area contributed by atoms with Gasteiger partial charge in [-0.25, -0.2) is 4.79 Å². The smallest absolute Gasteiger partial charge is 0.353 e. The zero-order chi connectivity index (χ0) is 13.3. The van der Waals surface area contributed by atoms with Gasteiger partial charge in [-0.3, -0.25) is 5.10 Å². The van der Waals surface area contributed by atoms with Crippen LogP contribution < -0.4 is 4.74 Å². The summed E-state index contributed by atoms with van der Waals surface area (Å²) in [5, 5.41) is 25.0. The number of aromatic carboxylic acids is 1. The number of carboxylic acids is 1. The second kappa shape index (κ2) is 4.58. The number of aromatic nitrogens is 2. The van der Waals surface area contributed by atoms with Gasteiger partial charge in [0.15, 0.2) is 0 Å². The highest BCUT2D eigenvalue weighted by Gasteiger charge is 2.15. The molecular formula is C11H9ClN2O4. The van der Waals surface area contributed by atoms with Crippen molar-refractivity contribution in [1.82, 2.24) is 10.2 Å². The van der Waals surface area contributed by atoms with Crippen molar-refractivity contribution in [3.05, 3.63) is 28.9 Å². The topological polar surface area (TPSA) is 95.4 Å². The fraction of sp³-hybridized carbons (Fsp3) is 0.0909. The third-order valence-electron chi connectivity index (χ3n) is 2.35. The van der Waals surface area contributed by atoms with E-state index in [9.17, 15) is 9.90 Å². The Morgan fingerprint density at radius 3 is 2.72 bits per heavy atom. The minimum absolute atomic E-state index is 0.0710. The predicted molar refractivity (Wildman–Crippen MR) is 64.2 cm³/mol. The normalized spacial score (nSPS) is 10.3. The van der Waals surface area contributed by atoms with Crippen LogP contribution in [0.3, 0.4) is 0 Å². The fourth-order valence-electron chi connectivity index (χ4n) is 1.47. The quantitative estimate of drug-likeness (QED) is 0.793. The number of rotatable bonds is 3. The number of nitrogens with zero attached hydrogens (tertiary/aromatic N) is 1. The van der Waals surface area contributed by atoms with Crippen LogP contribution in [0.15, 0.2) is 18.2 Å². The van der Waals surface area contributed by atoms with E-state index in [2.05, 4.69) is 10.2 Å². The number of halogens is 1. The van der Waals surface area contributed by atoms with Crippen LogP contribution in [-0.4, -0.2) is 33.5 Å². The van der Waals surface area contributed by atoms with Crippen LogP contribution in [0.5, 0.6) is 11.5 Å². The van der Waals surface area contributed by atoms with Crippen molar-refractivity contribution in [2.24, 2.45) is 0 Å². The number of methoxy groups -OCH3 is 1. The maximum Gasteiger partial charge on any atom is 0.353 e. The molecule has 0 aliphatic rings. The summed E-state index contributed by atoms with van der Waals surface area (Å²) >= 11 is 5.84. The lowest BCUT2D eigenvalue weighted by Crippen LogP contribution is -1.95. The molecule has 3 N–H and O–H groups in total. The van der Waals surface area contributed by atoms with Crippen molar-refractivity contribution < 1.29 is 19.7 Å². The first-order valence-electron chi connectivity index (χ1n) is 4.88. The van der Waals surface area contributed by atoms with Gasteiger partial charge in [0.1, 0.15) is 17.2 Å². The SMILES string of the molecule is COc1cc(-c2cc(C(=O)O)[nH]n2)c(O)cc1Cl. The van der Waals surface area contributed by atoms with E-state index in [0.717, 1.165) is 0 Å². The van der Waals surface area contributed by atoms with E-state index in [1.54, 1.807) is 0 Å². The highest BCUT2D eigenvalue weighted by molar-refractivity contribution is 6.32. The van der Waals surface area contributed by atoms with Crippen molar-refractivity contribution in [2.45, 2.75) is 0 Å². The number of H-pyrrole nitrogens is 1. The molecule has 18 heavy (non-hydrogen) atoms. The second-order valence-electron chi connectivity index (χ2n) is 3.48. The van der Waals surface area contributed by atoms with Crippen molar-refractivity contribution in [3.8, 4) is 22.8 Å². The van der Waals surface area contributed by atoms with E-state index in [-0.39, 0.29) is 16.5 Å². The van der Waals surface area contributed by atoms with Gasteiger partial charge < -0.3 is 14.9 Å². The number of benzene rings is 1. The van der Waals surface area contributed by atoms with Crippen molar-refractivity contribution in [2.75, 3.05) is 7.11 Å². The molecule has 0 aliphatic carbocycles. The number of ether oxygens (including phenoxy) is 1. The number of aromatic amines is 1. The van der Waals surface area contributed by atoms with Gasteiger partial charge in [-0.2, -0.15) is 5.10 Å². The molecule has 0 amide bonds. The fourth-order valence-corrected chi connectivity index (χ4v) is 1.71. The Morgan fingerprint density at radius 2 is 2.17 bits per heavy atom. The van der Waals surface area contributed by atoms with Gasteiger partial charge >= 0.3 is 5.97 Å². The molecule has 1 heterocycles. The van der Waals surface area contributed by atoms with E-state index in [4.69, 9.17) is 21.4 Å². The number of phenolic OH excluding ortho intramolecular Hbond substituents is 1. The molecule has 2 aromatic rings. The summed E-state index contributed by atoms with van der Waals surface area (Å²) in [6.07, 6.45) is 0. The Hall–Kier alpha value is -2.21. The first-order valence-corrected chi connectivity index (χ1v) is 5.26. The number of hydrogen-bond acceptors (Lipinski definition) is 4. The molecule has 0 fully saturated rings. The third-order valence-corrected chi connectivity index (χ3v) is 2.65. The maximum absolute atomic E-state index is 10.7. The van der Waals surface area contributed by atoms with Gasteiger partial charge in [-0.1, -0.05) is 11.6 Å². The highest BCUT2D eigenvalue weighted by atomic mass is 35.5. The lowest BCUT2D eigenvalue weighted by molar-refractivity contribution is 0.0690. The molecule has 0 aliphatic heterocycles. The molecule has 0 unspecified atom stereocenters. The number of aromatic hydroxyl groups is 1. The molecule has 94 valence electrons. The molecule has 0 saturated carbocycles. The Kier molecular flexibility index (Phi) is 3.12. The van der Waals surface area contributed by atoms with Crippen LogP contribution in [0.4, 0.5) is 0 Å². The van der Waals surface area contributed by atoms with E-state index >= 15 is 0 Å². The average Bonchev–Trinajstić information content (AvgIpc) is 2.78. The maximum atomic E-state index is 10.7. The van der Waals surface area contributed by atoms with Gasteiger partial charge in [0.25, 0.3) is 0 Å². The molecule has 0 saturated heterocycles. The van der Waals surface area contributed by atoms with Crippen LogP contribution in [0.25, 0.3) is 11.3 Å². The van der Waals surface area contributed by atoms with Gasteiger partial charge in [0.2, 0.25) is 0 Å². The third kappa shape index (κ3) is 2.10. The highest BCUT2D eigenvalue weighted by Crippen LogP contribution is 2.37. The molecule has 1 aromatic heterocycles. The lowest BCUT2D eigenvalue weighted by Gasteiger charge is -2.07. The van der Waals surface area contributed by atoms with Crippen LogP contribution in [0.2, 0.25) is 5.02 Å². The summed E-state index contributed by atoms with van der Waals surface area (Å²) in [6, 6.07) is 4.11. The number of hydrogen-bond donors (Lipinski definition) is 3. The first kappa shape index (κ1) is 12.3. The van der Waals surface area contributed by atoms with Crippen molar-refractivity contribution >= 4 is 17.6 Å². The number of carboxylic acid groups (broad SMARTS) is 1. The van der Waals surface area contributed by atoms with Crippen molar-refractivity contribution in [1.29, 1.82) is 0 Å². The summed E-state index contributed by atoms with van der Waals surface area (Å²) < 4.78 is 5.02. The minimum Gasteiger partial charge on any atom is -0.507 e. The van der Waals surface area contributed by atoms with Crippen molar-refractivity contribution in [3.63, 3.8) is 0 Å². The monoisotopic (exact) mass is 268 g/mol. The molecule has 0 radical (unpaired) electrons. The van der Waals surface area contributed by atoms with Gasteiger partial charge in [0.05, 0.1) is 17.8 Å². The van der Waals surface area contributed by atoms with E-state index < -0.39 is 5.97 Å². The zero-order valence-corrected chi connectivity index (χ0v) is 10.0. The molecule has 0 spiro atoms. The predicted octanol–water partition coefficient (Wildman–Crippen LogP) is 2.14. The first-order chi connectivity index (χ1) is 8.52. The number of carbonyl (C=O) groups is 1. The summed E-state index contributed by atoms with van der Waals surface area (Å²) in [5.74, 6) is -0.872. The zero-order valence-electron chi connectivity index (χ0n) is 9.27. The Labute approximate surface area is 107 Å². The largest absolute Gasteiger partial charge is 0.507 e. The number of phenols is 1. The Balaban J connectivity index is 2.52. The van der Waals surface area contributed by atoms with Gasteiger partial charge in [0, 0.05) is 11.6 Å². The summed E-state index contributed by atoms with van der Waals surface area (Å²) in [4.78, 5) is 10.7. The lowest BCUT2D eigenvalue weighted by atomic mass is 10.1. The molecule has 1 aromatic carbocycles. The van der Waals surface area contributed by atoms with E-state index in [1.807, 2.05) is 0 Å². The van der Waals surface area contributed by atoms with Crippen LogP contribution in [0.1, 0.15) is 10.5 Å². The Morgan fingerprint density at radius 1 is 1.44 bits per heavy atom. The molecule has 0 bridgehead atoms. The second-order valence-corrected chi connectivity index (χ2v) is 3.88. The number of nitrogens with one attached hydrogen (secondary N) is 1. The van der Waals surface area contributed by atoms with Crippen LogP contribution in [-0.2, 0) is 0 Å². The van der Waals surface area contributed by atoms with E-state index in [1.165, 1.54) is 25.3 Å². The molecule has 2 rings (SSSR count). The Bertz CT molecular complexity index is 609. The minimum atomic E-state index is -1.13. The standard InChI is InChI=1S/C11H9ClN2O4/c1-18-10-2-5(9(15)3-6(10)12)7-4-8(11(16)17)14-13-7/h2-4,15H,1H3,(H,13,14)(H,16,17). The molecular weight excluding hydrogens is 260 g/mol. The van der Waals surface area contributed by atoms with Gasteiger partial charge in [-0.15, -0.1) is 0 Å². The molecule has 7 heteroatoms.